The zero-order valence-corrected chi connectivity index (χ0v) is 17.0. The van der Waals surface area contributed by atoms with E-state index in [2.05, 4.69) is 10.3 Å². The molecule has 1 saturated heterocycles. The number of likely N-dealkylation sites (tertiary alicyclic amines) is 1. The second-order valence-corrected chi connectivity index (χ2v) is 7.54. The smallest absolute Gasteiger partial charge is 0.254 e. The molecule has 1 N–H and O–H groups in total. The number of carbonyl (C=O) groups is 2. The molecule has 3 aromatic rings. The molecule has 0 radical (unpaired) electrons. The molecule has 1 unspecified atom stereocenters. The third-order valence-corrected chi connectivity index (χ3v) is 5.57. The zero-order valence-electron chi connectivity index (χ0n) is 17.0. The number of carbonyl (C=O) groups excluding carboxylic acids is 2. The normalized spacial score (nSPS) is 16.3. The minimum atomic E-state index is -0.205. The van der Waals surface area contributed by atoms with Crippen molar-refractivity contribution in [2.45, 2.75) is 19.4 Å². The van der Waals surface area contributed by atoms with Crippen LogP contribution in [0, 0.1) is 5.92 Å². The van der Waals surface area contributed by atoms with Crippen LogP contribution in [0.3, 0.4) is 0 Å². The molecule has 0 saturated carbocycles. The highest BCUT2D eigenvalue weighted by Crippen LogP contribution is 2.23. The molecule has 4 rings (SSSR count). The quantitative estimate of drug-likeness (QED) is 0.709. The number of methoxy groups -OCH3 is 1. The molecule has 0 spiro atoms. The fraction of sp³-hybridized carbons (Fsp3) is 0.292. The van der Waals surface area contributed by atoms with Gasteiger partial charge in [-0.3, -0.25) is 9.59 Å². The first kappa shape index (κ1) is 19.9. The van der Waals surface area contributed by atoms with Gasteiger partial charge >= 0.3 is 0 Å². The molecule has 2 amide bonds. The van der Waals surface area contributed by atoms with Crippen molar-refractivity contribution in [1.29, 1.82) is 0 Å². The van der Waals surface area contributed by atoms with Crippen molar-refractivity contribution in [1.82, 2.24) is 15.2 Å². The van der Waals surface area contributed by atoms with E-state index in [-0.39, 0.29) is 17.7 Å². The first-order valence-corrected chi connectivity index (χ1v) is 10.2. The Hall–Kier alpha value is -3.41. The van der Waals surface area contributed by atoms with Crippen molar-refractivity contribution in [2.24, 2.45) is 5.92 Å². The minimum absolute atomic E-state index is 0.0105. The summed E-state index contributed by atoms with van der Waals surface area (Å²) in [5.41, 5.74) is 1.60. The molecule has 1 aromatic heterocycles. The molecule has 2 heterocycles. The Morgan fingerprint density at radius 3 is 2.77 bits per heavy atom. The van der Waals surface area contributed by atoms with Gasteiger partial charge in [-0.1, -0.05) is 42.5 Å². The molecular weight excluding hydrogens is 378 g/mol. The Bertz CT molecular complexity index is 1040. The van der Waals surface area contributed by atoms with Crippen LogP contribution in [0.15, 0.2) is 60.8 Å². The number of hydrogen-bond acceptors (Lipinski definition) is 4. The van der Waals surface area contributed by atoms with Gasteiger partial charge in [0.15, 0.2) is 0 Å². The summed E-state index contributed by atoms with van der Waals surface area (Å²) in [5.74, 6) is 0.300. The number of hydrogen-bond donors (Lipinski definition) is 1. The monoisotopic (exact) mass is 403 g/mol. The topological polar surface area (TPSA) is 71.5 Å². The van der Waals surface area contributed by atoms with Crippen LogP contribution in [0.4, 0.5) is 0 Å². The Balaban J connectivity index is 1.40. The van der Waals surface area contributed by atoms with Crippen LogP contribution in [0.5, 0.6) is 5.88 Å². The second-order valence-electron chi connectivity index (χ2n) is 7.54. The van der Waals surface area contributed by atoms with E-state index in [9.17, 15) is 9.59 Å². The van der Waals surface area contributed by atoms with Gasteiger partial charge in [-0.2, -0.15) is 0 Å². The number of piperidine rings is 1. The number of ether oxygens (including phenoxy) is 1. The van der Waals surface area contributed by atoms with E-state index in [1.54, 1.807) is 19.4 Å². The average molecular weight is 403 g/mol. The first-order chi connectivity index (χ1) is 14.7. The third-order valence-electron chi connectivity index (χ3n) is 5.57. The summed E-state index contributed by atoms with van der Waals surface area (Å²) in [6, 6.07) is 17.3. The molecule has 154 valence electrons. The van der Waals surface area contributed by atoms with E-state index in [0.717, 1.165) is 29.2 Å². The van der Waals surface area contributed by atoms with Gasteiger partial charge in [0, 0.05) is 37.5 Å². The number of benzene rings is 2. The molecule has 1 aliphatic rings. The molecule has 2 aromatic carbocycles. The highest BCUT2D eigenvalue weighted by molar-refractivity contribution is 6.07. The Morgan fingerprint density at radius 1 is 1.13 bits per heavy atom. The molecule has 1 aliphatic heterocycles. The number of aromatic nitrogens is 1. The van der Waals surface area contributed by atoms with Crippen LogP contribution in [-0.2, 0) is 11.3 Å². The summed E-state index contributed by atoms with van der Waals surface area (Å²) in [6.45, 7) is 1.52. The molecule has 1 atom stereocenters. The van der Waals surface area contributed by atoms with Crippen LogP contribution in [0.25, 0.3) is 10.8 Å². The van der Waals surface area contributed by atoms with Crippen LogP contribution < -0.4 is 10.1 Å². The predicted molar refractivity (Wildman–Crippen MR) is 115 cm³/mol. The minimum Gasteiger partial charge on any atom is -0.481 e. The maximum Gasteiger partial charge on any atom is 0.254 e. The van der Waals surface area contributed by atoms with Gasteiger partial charge in [-0.15, -0.1) is 0 Å². The summed E-state index contributed by atoms with van der Waals surface area (Å²) >= 11 is 0. The predicted octanol–water partition coefficient (Wildman–Crippen LogP) is 3.41. The summed E-state index contributed by atoms with van der Waals surface area (Å²) < 4.78 is 5.05. The van der Waals surface area contributed by atoms with Crippen molar-refractivity contribution in [2.75, 3.05) is 20.2 Å². The molecule has 0 aliphatic carbocycles. The molecule has 1 fully saturated rings. The molecule has 0 bridgehead atoms. The number of fused-ring (bicyclic) bond motifs is 1. The van der Waals surface area contributed by atoms with Crippen LogP contribution >= 0.6 is 0 Å². The maximum absolute atomic E-state index is 13.2. The van der Waals surface area contributed by atoms with E-state index >= 15 is 0 Å². The van der Waals surface area contributed by atoms with E-state index < -0.39 is 0 Å². The van der Waals surface area contributed by atoms with E-state index in [4.69, 9.17) is 4.74 Å². The maximum atomic E-state index is 13.2. The molecular formula is C24H25N3O3. The standard InChI is InChI=1S/C24H25N3O3/c1-30-22-12-11-17(14-25-22)15-26-23(28)19-8-5-13-27(16-19)24(29)21-10-4-7-18-6-2-3-9-20(18)21/h2-4,6-7,9-12,14,19H,5,8,13,15-16H2,1H3,(H,26,28). The van der Waals surface area contributed by atoms with Gasteiger partial charge in [0.1, 0.15) is 0 Å². The number of amides is 2. The van der Waals surface area contributed by atoms with E-state index in [0.29, 0.717) is 31.1 Å². The average Bonchev–Trinajstić information content (AvgIpc) is 2.82. The fourth-order valence-corrected chi connectivity index (χ4v) is 3.93. The Morgan fingerprint density at radius 2 is 1.97 bits per heavy atom. The lowest BCUT2D eigenvalue weighted by Crippen LogP contribution is -2.45. The van der Waals surface area contributed by atoms with Crippen LogP contribution in [0.2, 0.25) is 0 Å². The summed E-state index contributed by atoms with van der Waals surface area (Å²) in [5, 5.41) is 4.97. The lowest BCUT2D eigenvalue weighted by molar-refractivity contribution is -0.126. The molecule has 6 heteroatoms. The SMILES string of the molecule is COc1ccc(CNC(=O)C2CCCN(C(=O)c3cccc4ccccc34)C2)cn1. The van der Waals surface area contributed by atoms with Crippen molar-refractivity contribution in [3.05, 3.63) is 71.9 Å². The Labute approximate surface area is 175 Å². The van der Waals surface area contributed by atoms with Gasteiger partial charge < -0.3 is 15.0 Å². The second kappa shape index (κ2) is 8.95. The summed E-state index contributed by atoms with van der Waals surface area (Å²) in [4.78, 5) is 31.9. The van der Waals surface area contributed by atoms with Gasteiger partial charge in [-0.25, -0.2) is 4.98 Å². The highest BCUT2D eigenvalue weighted by Gasteiger charge is 2.29. The number of nitrogens with zero attached hydrogens (tertiary/aromatic N) is 2. The largest absolute Gasteiger partial charge is 0.481 e. The summed E-state index contributed by atoms with van der Waals surface area (Å²) in [6.07, 6.45) is 3.29. The van der Waals surface area contributed by atoms with E-state index in [1.165, 1.54) is 0 Å². The van der Waals surface area contributed by atoms with Crippen molar-refractivity contribution in [3.63, 3.8) is 0 Å². The van der Waals surface area contributed by atoms with Crippen molar-refractivity contribution < 1.29 is 14.3 Å². The van der Waals surface area contributed by atoms with E-state index in [1.807, 2.05) is 53.4 Å². The van der Waals surface area contributed by atoms with Crippen LogP contribution in [-0.4, -0.2) is 41.9 Å². The van der Waals surface area contributed by atoms with Crippen molar-refractivity contribution >= 4 is 22.6 Å². The number of nitrogens with one attached hydrogen (secondary N) is 1. The third kappa shape index (κ3) is 4.27. The Kier molecular flexibility index (Phi) is 5.93. The van der Waals surface area contributed by atoms with Gasteiger partial charge in [0.2, 0.25) is 11.8 Å². The fourth-order valence-electron chi connectivity index (χ4n) is 3.93. The van der Waals surface area contributed by atoms with Gasteiger partial charge in [-0.05, 0) is 35.2 Å². The zero-order chi connectivity index (χ0) is 20.9. The molecule has 6 nitrogen and oxygen atoms in total. The lowest BCUT2D eigenvalue weighted by Gasteiger charge is -2.32. The first-order valence-electron chi connectivity index (χ1n) is 10.2. The van der Waals surface area contributed by atoms with Gasteiger partial charge in [0.25, 0.3) is 5.91 Å². The highest BCUT2D eigenvalue weighted by atomic mass is 16.5. The number of pyridine rings is 1. The molecule has 30 heavy (non-hydrogen) atoms. The number of rotatable bonds is 5. The van der Waals surface area contributed by atoms with Crippen molar-refractivity contribution in [3.8, 4) is 5.88 Å². The van der Waals surface area contributed by atoms with Gasteiger partial charge in [0.05, 0.1) is 13.0 Å². The van der Waals surface area contributed by atoms with Crippen LogP contribution in [0.1, 0.15) is 28.8 Å². The lowest BCUT2D eigenvalue weighted by atomic mass is 9.95. The summed E-state index contributed by atoms with van der Waals surface area (Å²) in [7, 11) is 1.57.